The quantitative estimate of drug-likeness (QED) is 0.777. The first-order chi connectivity index (χ1) is 11.0. The van der Waals surface area contributed by atoms with Crippen molar-refractivity contribution < 1.29 is 19.1 Å². The summed E-state index contributed by atoms with van der Waals surface area (Å²) in [4.78, 5) is 26.7. The minimum Gasteiger partial charge on any atom is -0.482 e. The first kappa shape index (κ1) is 16.4. The summed E-state index contributed by atoms with van der Waals surface area (Å²) in [5, 5.41) is 8.95. The van der Waals surface area contributed by atoms with Gasteiger partial charge >= 0.3 is 5.97 Å². The third-order valence-corrected chi connectivity index (χ3v) is 3.31. The fourth-order valence-corrected chi connectivity index (χ4v) is 2.19. The van der Waals surface area contributed by atoms with E-state index in [1.54, 1.807) is 32.1 Å². The van der Waals surface area contributed by atoms with Gasteiger partial charge in [0.1, 0.15) is 17.4 Å². The number of benzene rings is 1. The van der Waals surface area contributed by atoms with Crippen LogP contribution < -0.4 is 4.74 Å². The highest BCUT2D eigenvalue weighted by atomic mass is 16.6. The number of esters is 1. The number of carbonyl (C=O) groups excluding carboxylic acids is 2. The van der Waals surface area contributed by atoms with Crippen molar-refractivity contribution in [2.45, 2.75) is 19.8 Å². The van der Waals surface area contributed by atoms with Gasteiger partial charge in [-0.3, -0.25) is 4.79 Å². The predicted octanol–water partition coefficient (Wildman–Crippen LogP) is 2.16. The minimum atomic E-state index is -0.504. The van der Waals surface area contributed by atoms with Crippen molar-refractivity contribution in [2.75, 3.05) is 13.2 Å². The van der Waals surface area contributed by atoms with E-state index >= 15 is 0 Å². The molecule has 1 atom stereocenters. The Morgan fingerprint density at radius 2 is 2.04 bits per heavy atom. The molecule has 1 heterocycles. The molecular weight excluding hydrogens is 296 g/mol. The standard InChI is InChI=1S/C17H16N2O4/c1-3-22-16(20)10-23-14-6-4-12(5-7-14)15-8-13(9-18)17(21)19-11(15)2/h4-8,15H,3,10H2,1-2H3. The molecular formula is C17H16N2O4. The van der Waals surface area contributed by atoms with Gasteiger partial charge in [0.05, 0.1) is 6.61 Å². The molecule has 0 spiro atoms. The summed E-state index contributed by atoms with van der Waals surface area (Å²) in [5.41, 5.74) is 1.56. The third-order valence-electron chi connectivity index (χ3n) is 3.31. The lowest BCUT2D eigenvalue weighted by molar-refractivity contribution is -0.145. The summed E-state index contributed by atoms with van der Waals surface area (Å²) >= 11 is 0. The number of amides is 1. The fourth-order valence-electron chi connectivity index (χ4n) is 2.19. The number of carbonyl (C=O) groups is 2. The fraction of sp³-hybridized carbons (Fsp3) is 0.294. The summed E-state index contributed by atoms with van der Waals surface area (Å²) < 4.78 is 10.1. The largest absolute Gasteiger partial charge is 0.482 e. The number of hydrogen-bond acceptors (Lipinski definition) is 5. The molecule has 0 radical (unpaired) electrons. The summed E-state index contributed by atoms with van der Waals surface area (Å²) in [7, 11) is 0. The van der Waals surface area contributed by atoms with Crippen molar-refractivity contribution in [1.82, 2.24) is 0 Å². The number of nitriles is 1. The number of allylic oxidation sites excluding steroid dienone is 1. The van der Waals surface area contributed by atoms with Crippen LogP contribution >= 0.6 is 0 Å². The van der Waals surface area contributed by atoms with E-state index in [1.165, 1.54) is 0 Å². The lowest BCUT2D eigenvalue weighted by Crippen LogP contribution is -2.17. The first-order valence-electron chi connectivity index (χ1n) is 7.15. The van der Waals surface area contributed by atoms with Crippen LogP contribution in [-0.4, -0.2) is 30.8 Å². The van der Waals surface area contributed by atoms with Crippen molar-refractivity contribution in [3.63, 3.8) is 0 Å². The summed E-state index contributed by atoms with van der Waals surface area (Å²) in [6.45, 7) is 3.64. The van der Waals surface area contributed by atoms with E-state index < -0.39 is 11.9 Å². The molecule has 6 heteroatoms. The van der Waals surface area contributed by atoms with Crippen LogP contribution in [-0.2, 0) is 14.3 Å². The van der Waals surface area contributed by atoms with Crippen molar-refractivity contribution >= 4 is 17.6 Å². The highest BCUT2D eigenvalue weighted by Gasteiger charge is 2.22. The normalized spacial score (nSPS) is 16.9. The van der Waals surface area contributed by atoms with Gasteiger partial charge in [-0.05, 0) is 37.6 Å². The maximum atomic E-state index is 11.5. The van der Waals surface area contributed by atoms with Gasteiger partial charge in [-0.1, -0.05) is 12.1 Å². The molecule has 0 saturated carbocycles. The molecule has 1 aromatic rings. The Bertz CT molecular complexity index is 711. The van der Waals surface area contributed by atoms with Gasteiger partial charge in [0.25, 0.3) is 5.91 Å². The molecule has 2 rings (SSSR count). The molecule has 0 fully saturated rings. The molecule has 1 unspecified atom stereocenters. The zero-order valence-electron chi connectivity index (χ0n) is 12.9. The molecule has 0 aromatic heterocycles. The number of aliphatic imine (C=N–C) groups is 1. The molecule has 6 nitrogen and oxygen atoms in total. The Balaban J connectivity index is 2.09. The SMILES string of the molecule is CCOC(=O)COc1ccc(C2C=C(C#N)C(=O)N=C2C)cc1. The van der Waals surface area contributed by atoms with Gasteiger partial charge in [0.15, 0.2) is 6.61 Å². The molecule has 0 aliphatic carbocycles. The molecule has 23 heavy (non-hydrogen) atoms. The van der Waals surface area contributed by atoms with Gasteiger partial charge in [-0.2, -0.15) is 5.26 Å². The van der Waals surface area contributed by atoms with Crippen LogP contribution in [0, 0.1) is 11.3 Å². The number of hydrogen-bond donors (Lipinski definition) is 0. The summed E-state index contributed by atoms with van der Waals surface area (Å²) in [5.74, 6) is -0.614. The Hall–Kier alpha value is -2.94. The first-order valence-corrected chi connectivity index (χ1v) is 7.15. The smallest absolute Gasteiger partial charge is 0.344 e. The number of dihydropyridines is 1. The van der Waals surface area contributed by atoms with Gasteiger partial charge in [-0.25, -0.2) is 9.79 Å². The van der Waals surface area contributed by atoms with Crippen molar-refractivity contribution in [1.29, 1.82) is 5.26 Å². The van der Waals surface area contributed by atoms with Crippen LogP contribution in [0.2, 0.25) is 0 Å². The zero-order valence-corrected chi connectivity index (χ0v) is 12.9. The molecule has 0 saturated heterocycles. The monoisotopic (exact) mass is 312 g/mol. The Labute approximate surface area is 134 Å². The molecule has 1 aromatic carbocycles. The summed E-state index contributed by atoms with van der Waals surface area (Å²) in [6, 6.07) is 8.92. The van der Waals surface area contributed by atoms with Gasteiger partial charge in [0, 0.05) is 11.6 Å². The average molecular weight is 312 g/mol. The highest BCUT2D eigenvalue weighted by Crippen LogP contribution is 2.26. The number of ether oxygens (including phenoxy) is 2. The van der Waals surface area contributed by atoms with Crippen molar-refractivity contribution in [3.05, 3.63) is 41.5 Å². The molecule has 1 aliphatic heterocycles. The van der Waals surface area contributed by atoms with E-state index in [-0.39, 0.29) is 18.1 Å². The number of rotatable bonds is 5. The van der Waals surface area contributed by atoms with Crippen LogP contribution in [0.3, 0.4) is 0 Å². The highest BCUT2D eigenvalue weighted by molar-refractivity contribution is 6.10. The second-order valence-electron chi connectivity index (χ2n) is 4.89. The van der Waals surface area contributed by atoms with Crippen LogP contribution in [0.4, 0.5) is 0 Å². The topological polar surface area (TPSA) is 88.8 Å². The van der Waals surface area contributed by atoms with Crippen LogP contribution in [0.5, 0.6) is 5.75 Å². The maximum absolute atomic E-state index is 11.5. The van der Waals surface area contributed by atoms with Gasteiger partial charge < -0.3 is 9.47 Å². The zero-order chi connectivity index (χ0) is 16.8. The van der Waals surface area contributed by atoms with Crippen LogP contribution in [0.25, 0.3) is 0 Å². The average Bonchev–Trinajstić information content (AvgIpc) is 2.54. The second-order valence-corrected chi connectivity index (χ2v) is 4.89. The third kappa shape index (κ3) is 4.04. The van der Waals surface area contributed by atoms with Gasteiger partial charge in [-0.15, -0.1) is 0 Å². The maximum Gasteiger partial charge on any atom is 0.344 e. The summed E-state index contributed by atoms with van der Waals surface area (Å²) in [6.07, 6.45) is 1.61. The second kappa shape index (κ2) is 7.36. The van der Waals surface area contributed by atoms with E-state index in [2.05, 4.69) is 4.99 Å². The van der Waals surface area contributed by atoms with E-state index in [9.17, 15) is 9.59 Å². The Kier molecular flexibility index (Phi) is 5.26. The molecule has 118 valence electrons. The minimum absolute atomic E-state index is 0.0447. The predicted molar refractivity (Wildman–Crippen MR) is 83.1 cm³/mol. The van der Waals surface area contributed by atoms with E-state index in [0.717, 1.165) is 5.56 Å². The Morgan fingerprint density at radius 3 is 2.65 bits per heavy atom. The molecule has 0 N–H and O–H groups in total. The number of nitrogens with zero attached hydrogens (tertiary/aromatic N) is 2. The van der Waals surface area contributed by atoms with Crippen molar-refractivity contribution in [2.24, 2.45) is 4.99 Å². The molecule has 0 bridgehead atoms. The van der Waals surface area contributed by atoms with E-state index in [0.29, 0.717) is 18.1 Å². The molecule has 1 amide bonds. The van der Waals surface area contributed by atoms with Crippen molar-refractivity contribution in [3.8, 4) is 11.8 Å². The van der Waals surface area contributed by atoms with E-state index in [4.69, 9.17) is 14.7 Å². The van der Waals surface area contributed by atoms with Crippen LogP contribution in [0.1, 0.15) is 25.3 Å². The molecule has 1 aliphatic rings. The Morgan fingerprint density at radius 1 is 1.35 bits per heavy atom. The van der Waals surface area contributed by atoms with E-state index in [1.807, 2.05) is 18.2 Å². The lowest BCUT2D eigenvalue weighted by atomic mass is 9.90. The lowest BCUT2D eigenvalue weighted by Gasteiger charge is -2.17. The van der Waals surface area contributed by atoms with Gasteiger partial charge in [0.2, 0.25) is 0 Å². The van der Waals surface area contributed by atoms with Crippen LogP contribution in [0.15, 0.2) is 40.9 Å².